The van der Waals surface area contributed by atoms with E-state index in [1.165, 1.54) is 36.4 Å². The van der Waals surface area contributed by atoms with Crippen molar-refractivity contribution >= 4 is 21.7 Å². The van der Waals surface area contributed by atoms with E-state index in [4.69, 9.17) is 0 Å². The number of hydrogen-bond donors (Lipinski definition) is 0. The maximum Gasteiger partial charge on any atom is 0.194 e. The van der Waals surface area contributed by atoms with E-state index in [0.717, 1.165) is 6.07 Å². The first-order valence-electron chi connectivity index (χ1n) is 4.84. The maximum absolute atomic E-state index is 13.3. The van der Waals surface area contributed by atoms with Crippen molar-refractivity contribution < 1.29 is 13.6 Å². The molecule has 0 atom stereocenters. The van der Waals surface area contributed by atoms with Crippen LogP contribution in [0.25, 0.3) is 0 Å². The summed E-state index contributed by atoms with van der Waals surface area (Å²) >= 11 is 3.01. The first-order chi connectivity index (χ1) is 8.09. The topological polar surface area (TPSA) is 17.1 Å². The lowest BCUT2D eigenvalue weighted by Crippen LogP contribution is -2.03. The Morgan fingerprint density at radius 1 is 1.06 bits per heavy atom. The van der Waals surface area contributed by atoms with Crippen molar-refractivity contribution in [2.45, 2.75) is 0 Å². The molecular formula is C13H7BrF2O. The molecule has 0 unspecified atom stereocenters. The number of carbonyl (C=O) groups excluding carboxylic acids is 1. The summed E-state index contributed by atoms with van der Waals surface area (Å²) in [5, 5.41) is 0. The van der Waals surface area contributed by atoms with Crippen LogP contribution in [0.4, 0.5) is 8.78 Å². The highest BCUT2D eigenvalue weighted by Crippen LogP contribution is 2.23. The maximum atomic E-state index is 13.3. The molecule has 0 spiro atoms. The molecule has 0 aromatic heterocycles. The van der Waals surface area contributed by atoms with Gasteiger partial charge in [-0.15, -0.1) is 0 Å². The third-order valence-electron chi connectivity index (χ3n) is 2.28. The molecule has 2 aromatic carbocycles. The van der Waals surface area contributed by atoms with Crippen LogP contribution in [0.5, 0.6) is 0 Å². The molecule has 0 saturated carbocycles. The van der Waals surface area contributed by atoms with Crippen molar-refractivity contribution in [2.75, 3.05) is 0 Å². The van der Waals surface area contributed by atoms with Crippen molar-refractivity contribution in [3.8, 4) is 0 Å². The third kappa shape index (κ3) is 2.42. The minimum absolute atomic E-state index is 0.0919. The van der Waals surface area contributed by atoms with Gasteiger partial charge in [0.15, 0.2) is 5.78 Å². The van der Waals surface area contributed by atoms with Gasteiger partial charge in [0, 0.05) is 11.1 Å². The highest BCUT2D eigenvalue weighted by Gasteiger charge is 2.15. The molecule has 4 heteroatoms. The molecule has 86 valence electrons. The summed E-state index contributed by atoms with van der Waals surface area (Å²) in [5.74, 6) is -1.44. The van der Waals surface area contributed by atoms with E-state index in [0.29, 0.717) is 0 Å². The zero-order valence-corrected chi connectivity index (χ0v) is 10.2. The summed E-state index contributed by atoms with van der Waals surface area (Å²) in [5.41, 5.74) is 0.368. The number of hydrogen-bond acceptors (Lipinski definition) is 1. The Hall–Kier alpha value is -1.55. The summed E-state index contributed by atoms with van der Waals surface area (Å²) in [6.45, 7) is 0. The Bertz CT molecular complexity index is 581. The van der Waals surface area contributed by atoms with Gasteiger partial charge in [0.25, 0.3) is 0 Å². The Kier molecular flexibility index (Phi) is 3.33. The van der Waals surface area contributed by atoms with E-state index in [1.54, 1.807) is 0 Å². The molecule has 1 nitrogen and oxygen atoms in total. The van der Waals surface area contributed by atoms with Crippen molar-refractivity contribution in [3.63, 3.8) is 0 Å². The van der Waals surface area contributed by atoms with Gasteiger partial charge in [-0.1, -0.05) is 18.2 Å². The van der Waals surface area contributed by atoms with Crippen molar-refractivity contribution in [1.82, 2.24) is 0 Å². The molecule has 0 radical (unpaired) electrons. The fourth-order valence-electron chi connectivity index (χ4n) is 1.46. The highest BCUT2D eigenvalue weighted by atomic mass is 79.9. The van der Waals surface area contributed by atoms with Gasteiger partial charge in [-0.25, -0.2) is 8.78 Å². The molecule has 0 aliphatic rings. The molecule has 2 rings (SSSR count). The van der Waals surface area contributed by atoms with Crippen LogP contribution in [0.15, 0.2) is 46.9 Å². The lowest BCUT2D eigenvalue weighted by Gasteiger charge is -2.04. The molecule has 0 bridgehead atoms. The van der Waals surface area contributed by atoms with Crippen LogP contribution < -0.4 is 0 Å². The van der Waals surface area contributed by atoms with E-state index >= 15 is 0 Å². The average Bonchev–Trinajstić information content (AvgIpc) is 2.32. The largest absolute Gasteiger partial charge is 0.289 e. The number of halogens is 3. The van der Waals surface area contributed by atoms with Crippen LogP contribution in [-0.4, -0.2) is 5.78 Å². The molecule has 2 aromatic rings. The Morgan fingerprint density at radius 3 is 2.47 bits per heavy atom. The Labute approximate surface area is 105 Å². The Morgan fingerprint density at radius 2 is 1.76 bits per heavy atom. The van der Waals surface area contributed by atoms with Crippen molar-refractivity contribution in [3.05, 3.63) is 69.7 Å². The van der Waals surface area contributed by atoms with Gasteiger partial charge in [-0.3, -0.25) is 4.79 Å². The van der Waals surface area contributed by atoms with Crippen molar-refractivity contribution in [2.24, 2.45) is 0 Å². The highest BCUT2D eigenvalue weighted by molar-refractivity contribution is 9.10. The van der Waals surface area contributed by atoms with E-state index in [1.807, 2.05) is 0 Å². The third-order valence-corrected chi connectivity index (χ3v) is 3.09. The summed E-state index contributed by atoms with van der Waals surface area (Å²) in [7, 11) is 0. The molecule has 17 heavy (non-hydrogen) atoms. The second-order valence-electron chi connectivity index (χ2n) is 3.44. The standard InChI is InChI=1S/C13H7BrF2O/c14-12-10(5-2-6-11(12)16)13(17)8-3-1-4-9(15)7-8/h1-7H. The molecule has 0 saturated heterocycles. The molecule has 0 aliphatic carbocycles. The molecule has 0 fully saturated rings. The quantitative estimate of drug-likeness (QED) is 0.767. The number of benzene rings is 2. The van der Waals surface area contributed by atoms with Crippen LogP contribution in [0, 0.1) is 11.6 Å². The Balaban J connectivity index is 2.48. The minimum atomic E-state index is -0.521. The molecule has 0 heterocycles. The van der Waals surface area contributed by atoms with Gasteiger partial charge in [-0.2, -0.15) is 0 Å². The fourth-order valence-corrected chi connectivity index (χ4v) is 1.91. The average molecular weight is 297 g/mol. The second kappa shape index (κ2) is 4.75. The van der Waals surface area contributed by atoms with Crippen LogP contribution in [-0.2, 0) is 0 Å². The van der Waals surface area contributed by atoms with Gasteiger partial charge in [-0.05, 0) is 40.2 Å². The van der Waals surface area contributed by atoms with Gasteiger partial charge in [0.05, 0.1) is 4.47 Å². The van der Waals surface area contributed by atoms with E-state index < -0.39 is 17.4 Å². The summed E-state index contributed by atoms with van der Waals surface area (Å²) in [4.78, 5) is 12.0. The predicted molar refractivity (Wildman–Crippen MR) is 63.9 cm³/mol. The second-order valence-corrected chi connectivity index (χ2v) is 4.23. The van der Waals surface area contributed by atoms with E-state index in [-0.39, 0.29) is 15.6 Å². The normalized spacial score (nSPS) is 10.3. The van der Waals surface area contributed by atoms with Crippen molar-refractivity contribution in [1.29, 1.82) is 0 Å². The number of ketones is 1. The smallest absolute Gasteiger partial charge is 0.194 e. The van der Waals surface area contributed by atoms with Gasteiger partial charge in [0.1, 0.15) is 11.6 Å². The van der Waals surface area contributed by atoms with Gasteiger partial charge < -0.3 is 0 Å². The van der Waals surface area contributed by atoms with E-state index in [9.17, 15) is 13.6 Å². The first kappa shape index (κ1) is 11.9. The summed E-state index contributed by atoms with van der Waals surface area (Å²) in [6, 6.07) is 9.47. The lowest BCUT2D eigenvalue weighted by molar-refractivity contribution is 0.103. The van der Waals surface area contributed by atoms with Gasteiger partial charge >= 0.3 is 0 Å². The molecule has 0 aliphatic heterocycles. The summed E-state index contributed by atoms with van der Waals surface area (Å²) < 4.78 is 26.3. The molecule has 0 N–H and O–H groups in total. The molecule has 0 amide bonds. The number of rotatable bonds is 2. The zero-order chi connectivity index (χ0) is 12.4. The fraction of sp³-hybridized carbons (Fsp3) is 0. The van der Waals surface area contributed by atoms with Gasteiger partial charge in [0.2, 0.25) is 0 Å². The predicted octanol–water partition coefficient (Wildman–Crippen LogP) is 3.96. The monoisotopic (exact) mass is 296 g/mol. The number of carbonyl (C=O) groups is 1. The van der Waals surface area contributed by atoms with E-state index in [2.05, 4.69) is 15.9 Å². The zero-order valence-electron chi connectivity index (χ0n) is 8.58. The SMILES string of the molecule is O=C(c1cccc(F)c1)c1cccc(F)c1Br. The lowest BCUT2D eigenvalue weighted by atomic mass is 10.0. The minimum Gasteiger partial charge on any atom is -0.289 e. The van der Waals surface area contributed by atoms with Crippen LogP contribution >= 0.6 is 15.9 Å². The van der Waals surface area contributed by atoms with Crippen LogP contribution in [0.3, 0.4) is 0 Å². The first-order valence-corrected chi connectivity index (χ1v) is 5.63. The summed E-state index contributed by atoms with van der Waals surface area (Å²) in [6.07, 6.45) is 0. The van der Waals surface area contributed by atoms with Crippen LogP contribution in [0.1, 0.15) is 15.9 Å². The van der Waals surface area contributed by atoms with Crippen LogP contribution in [0.2, 0.25) is 0 Å². The molecular weight excluding hydrogens is 290 g/mol.